The van der Waals surface area contributed by atoms with Crippen LogP contribution in [0.3, 0.4) is 0 Å². The van der Waals surface area contributed by atoms with E-state index in [0.717, 1.165) is 16.7 Å². The van der Waals surface area contributed by atoms with Crippen molar-refractivity contribution in [3.8, 4) is 11.5 Å². The van der Waals surface area contributed by atoms with Crippen LogP contribution in [0.15, 0.2) is 72.8 Å². The van der Waals surface area contributed by atoms with Gasteiger partial charge in [0.2, 0.25) is 11.8 Å². The van der Waals surface area contributed by atoms with E-state index in [-0.39, 0.29) is 24.8 Å². The largest absolute Gasteiger partial charge is 0.493 e. The van der Waals surface area contributed by atoms with E-state index < -0.39 is 6.04 Å². The summed E-state index contributed by atoms with van der Waals surface area (Å²) in [5.41, 5.74) is 2.37. The van der Waals surface area contributed by atoms with Gasteiger partial charge in [-0.1, -0.05) is 60.1 Å². The zero-order valence-corrected chi connectivity index (χ0v) is 20.3. The SMILES string of the molecule is CCNC(=O)[C@@H](c1ccccc1)N(Cc1ccc(Cl)cc1)C(=O)Cc1ccc(OC)c(OC)c1. The number of likely N-dealkylation sites (N-methyl/N-ethyl adjacent to an activating group) is 1. The predicted molar refractivity (Wildman–Crippen MR) is 133 cm³/mol. The third-order valence-corrected chi connectivity index (χ3v) is 5.67. The van der Waals surface area contributed by atoms with E-state index in [1.165, 1.54) is 0 Å². The molecule has 3 rings (SSSR count). The summed E-state index contributed by atoms with van der Waals surface area (Å²) in [7, 11) is 3.12. The number of rotatable bonds is 10. The first-order valence-electron chi connectivity index (χ1n) is 11.0. The second-order valence-electron chi connectivity index (χ2n) is 7.72. The Morgan fingerprint density at radius 2 is 1.56 bits per heavy atom. The minimum atomic E-state index is -0.788. The van der Waals surface area contributed by atoms with Crippen LogP contribution < -0.4 is 14.8 Å². The highest BCUT2D eigenvalue weighted by Crippen LogP contribution is 2.29. The number of amides is 2. The molecule has 0 aliphatic rings. The van der Waals surface area contributed by atoms with Crippen molar-refractivity contribution in [2.45, 2.75) is 25.9 Å². The zero-order valence-electron chi connectivity index (χ0n) is 19.6. The summed E-state index contributed by atoms with van der Waals surface area (Å²) >= 11 is 6.05. The maximum absolute atomic E-state index is 13.7. The van der Waals surface area contributed by atoms with Crippen molar-refractivity contribution in [2.24, 2.45) is 0 Å². The highest BCUT2D eigenvalue weighted by molar-refractivity contribution is 6.30. The van der Waals surface area contributed by atoms with Crippen LogP contribution in [-0.2, 0) is 22.6 Å². The van der Waals surface area contributed by atoms with Crippen molar-refractivity contribution < 1.29 is 19.1 Å². The highest BCUT2D eigenvalue weighted by atomic mass is 35.5. The lowest BCUT2D eigenvalue weighted by Crippen LogP contribution is -2.44. The molecule has 0 aliphatic heterocycles. The summed E-state index contributed by atoms with van der Waals surface area (Å²) in [5.74, 6) is 0.701. The molecule has 0 saturated heterocycles. The van der Waals surface area contributed by atoms with Gasteiger partial charge < -0.3 is 19.7 Å². The van der Waals surface area contributed by atoms with E-state index in [0.29, 0.717) is 23.1 Å². The van der Waals surface area contributed by atoms with Gasteiger partial charge in [0.05, 0.1) is 20.6 Å². The maximum Gasteiger partial charge on any atom is 0.247 e. The number of nitrogens with one attached hydrogen (secondary N) is 1. The van der Waals surface area contributed by atoms with Gasteiger partial charge in [-0.05, 0) is 47.9 Å². The molecule has 1 N–H and O–H groups in total. The Balaban J connectivity index is 2.00. The van der Waals surface area contributed by atoms with Crippen LogP contribution in [0, 0.1) is 0 Å². The molecular formula is C27H29ClN2O4. The molecule has 2 amide bonds. The van der Waals surface area contributed by atoms with Gasteiger partial charge in [0.1, 0.15) is 6.04 Å². The molecule has 7 heteroatoms. The monoisotopic (exact) mass is 480 g/mol. The molecule has 0 fully saturated rings. The number of nitrogens with zero attached hydrogens (tertiary/aromatic N) is 1. The Hall–Kier alpha value is -3.51. The Kier molecular flexibility index (Phi) is 8.93. The molecule has 0 bridgehead atoms. The van der Waals surface area contributed by atoms with E-state index in [1.807, 2.05) is 55.5 Å². The van der Waals surface area contributed by atoms with Gasteiger partial charge in [-0.15, -0.1) is 0 Å². The quantitative estimate of drug-likeness (QED) is 0.452. The fourth-order valence-corrected chi connectivity index (χ4v) is 3.88. The molecule has 0 saturated carbocycles. The first-order chi connectivity index (χ1) is 16.5. The lowest BCUT2D eigenvalue weighted by Gasteiger charge is -2.31. The van der Waals surface area contributed by atoms with E-state index in [2.05, 4.69) is 5.32 Å². The van der Waals surface area contributed by atoms with Gasteiger partial charge in [0.15, 0.2) is 11.5 Å². The minimum absolute atomic E-state index is 0.0939. The Labute approximate surface area is 205 Å². The van der Waals surface area contributed by atoms with E-state index in [4.69, 9.17) is 21.1 Å². The number of benzene rings is 3. The minimum Gasteiger partial charge on any atom is -0.493 e. The van der Waals surface area contributed by atoms with Crippen molar-refractivity contribution in [1.29, 1.82) is 0 Å². The average molecular weight is 481 g/mol. The lowest BCUT2D eigenvalue weighted by atomic mass is 10.0. The Morgan fingerprint density at radius 3 is 2.18 bits per heavy atom. The van der Waals surface area contributed by atoms with Crippen LogP contribution in [0.1, 0.15) is 29.7 Å². The van der Waals surface area contributed by atoms with Crippen LogP contribution in [0.2, 0.25) is 5.02 Å². The van der Waals surface area contributed by atoms with Crippen LogP contribution in [0.5, 0.6) is 11.5 Å². The van der Waals surface area contributed by atoms with Gasteiger partial charge in [0, 0.05) is 18.1 Å². The number of hydrogen-bond acceptors (Lipinski definition) is 4. The zero-order chi connectivity index (χ0) is 24.5. The van der Waals surface area contributed by atoms with Crippen LogP contribution in [0.4, 0.5) is 0 Å². The van der Waals surface area contributed by atoms with Gasteiger partial charge in [-0.25, -0.2) is 0 Å². The molecule has 0 unspecified atom stereocenters. The van der Waals surface area contributed by atoms with Crippen molar-refractivity contribution in [3.05, 3.63) is 94.5 Å². The summed E-state index contributed by atoms with van der Waals surface area (Å²) in [6.45, 7) is 2.57. The summed E-state index contributed by atoms with van der Waals surface area (Å²) in [4.78, 5) is 28.5. The molecule has 34 heavy (non-hydrogen) atoms. The second kappa shape index (κ2) is 12.1. The number of carbonyl (C=O) groups excluding carboxylic acids is 2. The van der Waals surface area contributed by atoms with Crippen molar-refractivity contribution in [1.82, 2.24) is 10.2 Å². The molecule has 0 aliphatic carbocycles. The predicted octanol–water partition coefficient (Wildman–Crippen LogP) is 4.81. The van der Waals surface area contributed by atoms with Crippen molar-refractivity contribution >= 4 is 23.4 Å². The number of carbonyl (C=O) groups is 2. The normalized spacial score (nSPS) is 11.4. The smallest absolute Gasteiger partial charge is 0.247 e. The standard InChI is InChI=1S/C27H29ClN2O4/c1-4-29-27(32)26(21-8-6-5-7-9-21)30(18-19-10-13-22(28)14-11-19)25(31)17-20-12-15-23(33-2)24(16-20)34-3/h5-16,26H,4,17-18H2,1-3H3,(H,29,32)/t26-/m1/s1. The molecule has 3 aromatic rings. The molecule has 0 spiro atoms. The average Bonchev–Trinajstić information content (AvgIpc) is 2.85. The molecular weight excluding hydrogens is 452 g/mol. The van der Waals surface area contributed by atoms with E-state index in [9.17, 15) is 9.59 Å². The number of halogens is 1. The number of ether oxygens (including phenoxy) is 2. The molecule has 1 atom stereocenters. The number of methoxy groups -OCH3 is 2. The summed E-state index contributed by atoms with van der Waals surface area (Å²) in [6.07, 6.45) is 0.0939. The van der Waals surface area contributed by atoms with Gasteiger partial charge in [-0.2, -0.15) is 0 Å². The Morgan fingerprint density at radius 1 is 0.912 bits per heavy atom. The molecule has 178 valence electrons. The summed E-state index contributed by atoms with van der Waals surface area (Å²) in [6, 6.07) is 21.2. The van der Waals surface area contributed by atoms with Crippen molar-refractivity contribution in [3.63, 3.8) is 0 Å². The highest BCUT2D eigenvalue weighted by Gasteiger charge is 2.31. The third-order valence-electron chi connectivity index (χ3n) is 5.42. The van der Waals surface area contributed by atoms with Gasteiger partial charge >= 0.3 is 0 Å². The fourth-order valence-electron chi connectivity index (χ4n) is 3.76. The van der Waals surface area contributed by atoms with E-state index in [1.54, 1.807) is 43.4 Å². The van der Waals surface area contributed by atoms with E-state index >= 15 is 0 Å². The topological polar surface area (TPSA) is 67.9 Å². The van der Waals surface area contributed by atoms with Crippen molar-refractivity contribution in [2.75, 3.05) is 20.8 Å². The third kappa shape index (κ3) is 6.29. The van der Waals surface area contributed by atoms with Gasteiger partial charge in [-0.3, -0.25) is 9.59 Å². The first kappa shape index (κ1) is 25.1. The Bertz CT molecular complexity index is 1100. The summed E-state index contributed by atoms with van der Waals surface area (Å²) < 4.78 is 10.7. The lowest BCUT2D eigenvalue weighted by molar-refractivity contribution is -0.141. The molecule has 0 aromatic heterocycles. The molecule has 0 heterocycles. The van der Waals surface area contributed by atoms with Crippen LogP contribution >= 0.6 is 11.6 Å². The fraction of sp³-hybridized carbons (Fsp3) is 0.259. The number of hydrogen-bond donors (Lipinski definition) is 1. The van der Waals surface area contributed by atoms with Crippen LogP contribution in [-0.4, -0.2) is 37.5 Å². The maximum atomic E-state index is 13.7. The molecule has 3 aromatic carbocycles. The molecule has 6 nitrogen and oxygen atoms in total. The molecule has 0 radical (unpaired) electrons. The second-order valence-corrected chi connectivity index (χ2v) is 8.16. The van der Waals surface area contributed by atoms with Crippen LogP contribution in [0.25, 0.3) is 0 Å². The first-order valence-corrected chi connectivity index (χ1v) is 11.4. The van der Waals surface area contributed by atoms with Gasteiger partial charge in [0.25, 0.3) is 0 Å². The summed E-state index contributed by atoms with van der Waals surface area (Å²) in [5, 5.41) is 3.49.